The number of aryl methyl sites for hydroxylation is 2. The highest BCUT2D eigenvalue weighted by atomic mass is 16.2. The van der Waals surface area contributed by atoms with E-state index in [1.54, 1.807) is 6.33 Å². The highest BCUT2D eigenvalue weighted by molar-refractivity contribution is 5.76. The van der Waals surface area contributed by atoms with E-state index in [9.17, 15) is 4.79 Å². The van der Waals surface area contributed by atoms with Crippen LogP contribution in [0.3, 0.4) is 0 Å². The van der Waals surface area contributed by atoms with E-state index in [-0.39, 0.29) is 5.91 Å². The van der Waals surface area contributed by atoms with Gasteiger partial charge in [-0.05, 0) is 51.6 Å². The molecule has 0 saturated carbocycles. The van der Waals surface area contributed by atoms with Gasteiger partial charge >= 0.3 is 0 Å². The fourth-order valence-electron chi connectivity index (χ4n) is 3.99. The molecule has 3 rings (SSSR count). The van der Waals surface area contributed by atoms with E-state index in [0.717, 1.165) is 37.7 Å². The quantitative estimate of drug-likeness (QED) is 0.825. The number of amides is 1. The lowest BCUT2D eigenvalue weighted by atomic mass is 9.89. The predicted molar refractivity (Wildman–Crippen MR) is 88.9 cm³/mol. The molecule has 1 aromatic rings. The first-order valence-corrected chi connectivity index (χ1v) is 9.00. The Morgan fingerprint density at radius 1 is 1.26 bits per heavy atom. The fraction of sp³-hybridized carbons (Fsp3) is 0.824. The number of hydrogen-bond donors (Lipinski definition) is 0. The molecule has 6 nitrogen and oxygen atoms in total. The van der Waals surface area contributed by atoms with Gasteiger partial charge in [0.1, 0.15) is 12.2 Å². The van der Waals surface area contributed by atoms with Crippen molar-refractivity contribution in [1.82, 2.24) is 24.6 Å². The van der Waals surface area contributed by atoms with Crippen LogP contribution in [-0.4, -0.2) is 62.7 Å². The van der Waals surface area contributed by atoms with Crippen LogP contribution < -0.4 is 0 Å². The summed E-state index contributed by atoms with van der Waals surface area (Å²) in [5, 5.41) is 7.91. The fourth-order valence-corrected chi connectivity index (χ4v) is 3.99. The minimum absolute atomic E-state index is 0.264. The number of carbonyl (C=O) groups is 1. The Morgan fingerprint density at radius 2 is 1.96 bits per heavy atom. The molecule has 0 spiro atoms. The first-order valence-electron chi connectivity index (χ1n) is 9.00. The van der Waals surface area contributed by atoms with Gasteiger partial charge in [-0.3, -0.25) is 4.79 Å². The van der Waals surface area contributed by atoms with Gasteiger partial charge < -0.3 is 14.4 Å². The third kappa shape index (κ3) is 3.91. The summed E-state index contributed by atoms with van der Waals surface area (Å²) < 4.78 is 1.89. The van der Waals surface area contributed by atoms with Gasteiger partial charge in [0.05, 0.1) is 0 Å². The summed E-state index contributed by atoms with van der Waals surface area (Å²) >= 11 is 0. The van der Waals surface area contributed by atoms with Gasteiger partial charge in [-0.1, -0.05) is 0 Å². The number of rotatable bonds is 5. The second-order valence-electron chi connectivity index (χ2n) is 7.06. The molecule has 6 heteroatoms. The van der Waals surface area contributed by atoms with Crippen LogP contribution in [0, 0.1) is 5.92 Å². The second kappa shape index (κ2) is 7.43. The van der Waals surface area contributed by atoms with Crippen molar-refractivity contribution < 1.29 is 4.79 Å². The minimum Gasteiger partial charge on any atom is -0.343 e. The largest absolute Gasteiger partial charge is 0.343 e. The molecule has 0 aliphatic carbocycles. The van der Waals surface area contributed by atoms with Gasteiger partial charge in [0.2, 0.25) is 5.91 Å². The Kier molecular flexibility index (Phi) is 5.30. The summed E-state index contributed by atoms with van der Waals surface area (Å²) in [5.41, 5.74) is 0. The molecular weight excluding hydrogens is 290 g/mol. The van der Waals surface area contributed by atoms with Gasteiger partial charge in [-0.2, -0.15) is 0 Å². The molecule has 0 N–H and O–H groups in total. The Bertz CT molecular complexity index is 515. The van der Waals surface area contributed by atoms with Gasteiger partial charge in [0.15, 0.2) is 0 Å². The zero-order valence-electron chi connectivity index (χ0n) is 14.4. The van der Waals surface area contributed by atoms with Crippen LogP contribution in [-0.2, 0) is 18.3 Å². The lowest BCUT2D eigenvalue weighted by Crippen LogP contribution is -2.45. The molecule has 2 aliphatic heterocycles. The van der Waals surface area contributed by atoms with Crippen molar-refractivity contribution in [3.63, 3.8) is 0 Å². The Balaban J connectivity index is 1.43. The number of aromatic nitrogens is 3. The Labute approximate surface area is 138 Å². The average molecular weight is 319 g/mol. The summed E-state index contributed by atoms with van der Waals surface area (Å²) in [6.45, 7) is 6.73. The zero-order valence-corrected chi connectivity index (χ0v) is 14.4. The van der Waals surface area contributed by atoms with E-state index < -0.39 is 0 Å². The molecule has 0 aromatic carbocycles. The van der Waals surface area contributed by atoms with Gasteiger partial charge in [-0.25, -0.2) is 0 Å². The van der Waals surface area contributed by atoms with Crippen LogP contribution in [0.5, 0.6) is 0 Å². The number of likely N-dealkylation sites (tertiary alicyclic amines) is 2. The van der Waals surface area contributed by atoms with Crippen molar-refractivity contribution in [3.8, 4) is 0 Å². The molecule has 2 aliphatic rings. The molecule has 1 atom stereocenters. The van der Waals surface area contributed by atoms with Gasteiger partial charge in [-0.15, -0.1) is 10.2 Å². The number of nitrogens with zero attached hydrogens (tertiary/aromatic N) is 5. The van der Waals surface area contributed by atoms with Crippen molar-refractivity contribution in [2.75, 3.05) is 26.2 Å². The van der Waals surface area contributed by atoms with Crippen LogP contribution >= 0.6 is 0 Å². The van der Waals surface area contributed by atoms with Crippen molar-refractivity contribution in [2.24, 2.45) is 13.0 Å². The van der Waals surface area contributed by atoms with E-state index in [0.29, 0.717) is 18.9 Å². The summed E-state index contributed by atoms with van der Waals surface area (Å²) in [7, 11) is 1.92. The first kappa shape index (κ1) is 16.4. The molecule has 3 heterocycles. The van der Waals surface area contributed by atoms with E-state index >= 15 is 0 Å². The van der Waals surface area contributed by atoms with Gasteiger partial charge in [0, 0.05) is 39.0 Å². The normalized spacial score (nSPS) is 21.7. The standard InChI is InChI=1S/C17H29N5O/c1-14(21-9-3-4-10-21)15-7-11-22(12-8-15)17(23)6-5-16-19-18-13-20(16)2/h13-15H,3-12H2,1-2H3/t14-/m0/s1. The van der Waals surface area contributed by atoms with E-state index in [4.69, 9.17) is 0 Å². The molecule has 0 bridgehead atoms. The van der Waals surface area contributed by atoms with Crippen molar-refractivity contribution in [2.45, 2.75) is 51.5 Å². The maximum Gasteiger partial charge on any atom is 0.223 e. The molecule has 0 unspecified atom stereocenters. The Hall–Kier alpha value is -1.43. The number of hydrogen-bond acceptors (Lipinski definition) is 4. The molecular formula is C17H29N5O. The van der Waals surface area contributed by atoms with Crippen molar-refractivity contribution >= 4 is 5.91 Å². The third-order valence-corrected chi connectivity index (χ3v) is 5.66. The van der Waals surface area contributed by atoms with Crippen molar-refractivity contribution in [3.05, 3.63) is 12.2 Å². The van der Waals surface area contributed by atoms with Crippen LogP contribution in [0.1, 0.15) is 44.9 Å². The van der Waals surface area contributed by atoms with Crippen LogP contribution in [0.15, 0.2) is 6.33 Å². The lowest BCUT2D eigenvalue weighted by molar-refractivity contribution is -0.132. The second-order valence-corrected chi connectivity index (χ2v) is 7.06. The third-order valence-electron chi connectivity index (χ3n) is 5.66. The van der Waals surface area contributed by atoms with E-state index in [1.807, 2.05) is 16.5 Å². The van der Waals surface area contributed by atoms with Crippen LogP contribution in [0.25, 0.3) is 0 Å². The SMILES string of the molecule is C[C@@H](C1CCN(C(=O)CCc2nncn2C)CC1)N1CCCC1. The maximum absolute atomic E-state index is 12.4. The molecule has 23 heavy (non-hydrogen) atoms. The molecule has 2 saturated heterocycles. The average Bonchev–Trinajstić information content (AvgIpc) is 3.24. The predicted octanol–water partition coefficient (Wildman–Crippen LogP) is 1.47. The zero-order chi connectivity index (χ0) is 16.2. The minimum atomic E-state index is 0.264. The summed E-state index contributed by atoms with van der Waals surface area (Å²) in [6, 6.07) is 0.674. The van der Waals surface area contributed by atoms with Gasteiger partial charge in [0.25, 0.3) is 0 Å². The molecule has 128 valence electrons. The smallest absolute Gasteiger partial charge is 0.223 e. The number of carbonyl (C=O) groups excluding carboxylic acids is 1. The highest BCUT2D eigenvalue weighted by Gasteiger charge is 2.30. The number of piperidine rings is 1. The molecule has 0 radical (unpaired) electrons. The van der Waals surface area contributed by atoms with Crippen LogP contribution in [0.4, 0.5) is 0 Å². The highest BCUT2D eigenvalue weighted by Crippen LogP contribution is 2.26. The monoisotopic (exact) mass is 319 g/mol. The lowest BCUT2D eigenvalue weighted by Gasteiger charge is -2.38. The molecule has 2 fully saturated rings. The summed E-state index contributed by atoms with van der Waals surface area (Å²) in [5.74, 6) is 1.90. The van der Waals surface area contributed by atoms with Crippen LogP contribution in [0.2, 0.25) is 0 Å². The van der Waals surface area contributed by atoms with Crippen molar-refractivity contribution in [1.29, 1.82) is 0 Å². The maximum atomic E-state index is 12.4. The topological polar surface area (TPSA) is 54.3 Å². The molecule has 1 aromatic heterocycles. The first-order chi connectivity index (χ1) is 11.1. The Morgan fingerprint density at radius 3 is 2.57 bits per heavy atom. The van der Waals surface area contributed by atoms with E-state index in [1.165, 1.54) is 25.9 Å². The summed E-state index contributed by atoms with van der Waals surface area (Å²) in [6.07, 6.45) is 7.90. The van der Waals surface area contributed by atoms with E-state index in [2.05, 4.69) is 22.0 Å². The molecule has 1 amide bonds. The summed E-state index contributed by atoms with van der Waals surface area (Å²) in [4.78, 5) is 17.1.